The summed E-state index contributed by atoms with van der Waals surface area (Å²) in [6, 6.07) is 15.5. The zero-order valence-electron chi connectivity index (χ0n) is 19.5. The van der Waals surface area contributed by atoms with E-state index in [9.17, 15) is 13.2 Å². The minimum absolute atomic E-state index is 0.0684. The molecule has 0 atom stereocenters. The van der Waals surface area contributed by atoms with Gasteiger partial charge in [0, 0.05) is 31.0 Å². The quantitative estimate of drug-likeness (QED) is 0.271. The number of nitrogens with two attached hydrogens (primary N) is 1. The molecular formula is C23H28N6O4S. The molecule has 34 heavy (non-hydrogen) atoms. The third-order valence-electron chi connectivity index (χ3n) is 4.91. The Hall–Kier alpha value is -3.70. The number of benzene rings is 2. The van der Waals surface area contributed by atoms with Crippen LogP contribution in [0.4, 0.5) is 5.69 Å². The van der Waals surface area contributed by atoms with Crippen LogP contribution in [-0.2, 0) is 26.2 Å². The number of sulfonamides is 1. The first kappa shape index (κ1) is 24.9. The lowest BCUT2D eigenvalue weighted by Crippen LogP contribution is -2.23. The monoisotopic (exact) mass is 484 g/mol. The van der Waals surface area contributed by atoms with Gasteiger partial charge in [-0.05, 0) is 49.7 Å². The van der Waals surface area contributed by atoms with Crippen molar-refractivity contribution >= 4 is 27.5 Å². The Morgan fingerprint density at radius 3 is 2.56 bits per heavy atom. The predicted molar refractivity (Wildman–Crippen MR) is 130 cm³/mol. The van der Waals surface area contributed by atoms with Gasteiger partial charge in [0.2, 0.25) is 10.0 Å². The van der Waals surface area contributed by atoms with E-state index in [2.05, 4.69) is 15.6 Å². The summed E-state index contributed by atoms with van der Waals surface area (Å²) in [5.41, 5.74) is 10.0. The average Bonchev–Trinajstić information content (AvgIpc) is 3.10. The molecule has 11 heteroatoms. The number of oxime groups is 1. The Bertz CT molecular complexity index is 1310. The van der Waals surface area contributed by atoms with Crippen molar-refractivity contribution in [2.75, 3.05) is 26.0 Å². The van der Waals surface area contributed by atoms with Gasteiger partial charge in [-0.3, -0.25) is 9.48 Å². The van der Waals surface area contributed by atoms with Gasteiger partial charge in [0.1, 0.15) is 0 Å². The summed E-state index contributed by atoms with van der Waals surface area (Å²) in [6.07, 6.45) is 0. The first-order valence-electron chi connectivity index (χ1n) is 10.4. The minimum atomic E-state index is -3.61. The zero-order chi connectivity index (χ0) is 24.9. The van der Waals surface area contributed by atoms with E-state index in [0.29, 0.717) is 17.8 Å². The molecule has 180 valence electrons. The van der Waals surface area contributed by atoms with Crippen molar-refractivity contribution in [2.45, 2.75) is 25.3 Å². The van der Waals surface area contributed by atoms with Crippen molar-refractivity contribution in [1.82, 2.24) is 14.1 Å². The maximum absolute atomic E-state index is 12.2. The standard InChI is InChI=1S/C23H28N6O4S/c1-16-11-17(2)29(26-16)14-18-7-5-8-19(12-18)23(24)27-33-15-22(30)25-20-9-6-10-21(13-20)34(31,32)28(3)4/h5-13H,14-15H2,1-4H3,(H2,24,27)(H,25,30). The summed E-state index contributed by atoms with van der Waals surface area (Å²) in [6.45, 7) is 4.14. The number of carbonyl (C=O) groups excluding carboxylic acids is 1. The van der Waals surface area contributed by atoms with Gasteiger partial charge in [0.25, 0.3) is 5.91 Å². The molecular weight excluding hydrogens is 456 g/mol. The number of nitrogens with one attached hydrogen (secondary N) is 1. The molecule has 0 unspecified atom stereocenters. The molecule has 0 saturated heterocycles. The summed E-state index contributed by atoms with van der Waals surface area (Å²) < 4.78 is 27.5. The highest BCUT2D eigenvalue weighted by Gasteiger charge is 2.17. The minimum Gasteiger partial charge on any atom is -0.384 e. The summed E-state index contributed by atoms with van der Waals surface area (Å²) in [4.78, 5) is 17.4. The van der Waals surface area contributed by atoms with Gasteiger partial charge in [-0.2, -0.15) is 5.10 Å². The van der Waals surface area contributed by atoms with Crippen LogP contribution in [0.5, 0.6) is 0 Å². The molecule has 1 amide bonds. The van der Waals surface area contributed by atoms with Gasteiger partial charge in [-0.25, -0.2) is 12.7 Å². The highest BCUT2D eigenvalue weighted by molar-refractivity contribution is 7.89. The lowest BCUT2D eigenvalue weighted by atomic mass is 10.1. The van der Waals surface area contributed by atoms with E-state index in [4.69, 9.17) is 10.6 Å². The van der Waals surface area contributed by atoms with Crippen molar-refractivity contribution in [2.24, 2.45) is 10.9 Å². The van der Waals surface area contributed by atoms with Crippen LogP contribution in [0, 0.1) is 13.8 Å². The number of nitrogens with zero attached hydrogens (tertiary/aromatic N) is 4. The van der Waals surface area contributed by atoms with Crippen LogP contribution in [0.25, 0.3) is 0 Å². The highest BCUT2D eigenvalue weighted by atomic mass is 32.2. The molecule has 10 nitrogen and oxygen atoms in total. The molecule has 1 heterocycles. The molecule has 0 fully saturated rings. The number of amidine groups is 1. The van der Waals surface area contributed by atoms with Crippen molar-refractivity contribution in [1.29, 1.82) is 0 Å². The largest absolute Gasteiger partial charge is 0.384 e. The molecule has 0 aliphatic heterocycles. The first-order valence-corrected chi connectivity index (χ1v) is 11.9. The van der Waals surface area contributed by atoms with Crippen LogP contribution < -0.4 is 11.1 Å². The Morgan fingerprint density at radius 1 is 1.15 bits per heavy atom. The van der Waals surface area contributed by atoms with Gasteiger partial charge in [-0.1, -0.05) is 29.4 Å². The second-order valence-electron chi connectivity index (χ2n) is 7.90. The van der Waals surface area contributed by atoms with Crippen LogP contribution in [0.3, 0.4) is 0 Å². The normalized spacial score (nSPS) is 12.1. The molecule has 0 radical (unpaired) electrons. The molecule has 3 N–H and O–H groups in total. The van der Waals surface area contributed by atoms with E-state index < -0.39 is 22.5 Å². The lowest BCUT2D eigenvalue weighted by Gasteiger charge is -2.12. The Balaban J connectivity index is 1.59. The van der Waals surface area contributed by atoms with Gasteiger partial charge in [0.05, 0.1) is 17.1 Å². The van der Waals surface area contributed by atoms with Crippen LogP contribution >= 0.6 is 0 Å². The maximum atomic E-state index is 12.2. The zero-order valence-corrected chi connectivity index (χ0v) is 20.3. The molecule has 0 saturated carbocycles. The number of hydrogen-bond donors (Lipinski definition) is 2. The van der Waals surface area contributed by atoms with Crippen molar-refractivity contribution in [3.8, 4) is 0 Å². The Kier molecular flexibility index (Phi) is 7.69. The van der Waals surface area contributed by atoms with Crippen LogP contribution in [0.1, 0.15) is 22.5 Å². The van der Waals surface area contributed by atoms with Gasteiger partial charge in [0.15, 0.2) is 12.4 Å². The van der Waals surface area contributed by atoms with Gasteiger partial charge < -0.3 is 15.9 Å². The molecule has 1 aromatic heterocycles. The summed E-state index contributed by atoms with van der Waals surface area (Å²) >= 11 is 0. The number of aryl methyl sites for hydroxylation is 2. The lowest BCUT2D eigenvalue weighted by molar-refractivity contribution is -0.120. The van der Waals surface area contributed by atoms with E-state index in [0.717, 1.165) is 21.3 Å². The SMILES string of the molecule is Cc1cc(C)n(Cc2cccc(/C(N)=N\OCC(=O)Nc3cccc(S(=O)(=O)N(C)C)c3)c2)n1. The summed E-state index contributed by atoms with van der Waals surface area (Å²) in [7, 11) is -0.739. The number of amides is 1. The molecule has 3 rings (SSSR count). The first-order chi connectivity index (χ1) is 16.1. The van der Waals surface area contributed by atoms with Crippen molar-refractivity contribution < 1.29 is 18.0 Å². The smallest absolute Gasteiger partial charge is 0.265 e. The fraction of sp³-hybridized carbons (Fsp3) is 0.261. The van der Waals surface area contributed by atoms with E-state index in [1.165, 1.54) is 26.2 Å². The highest BCUT2D eigenvalue weighted by Crippen LogP contribution is 2.18. The van der Waals surface area contributed by atoms with Gasteiger partial charge in [-0.15, -0.1) is 0 Å². The number of rotatable bonds is 9. The maximum Gasteiger partial charge on any atom is 0.265 e. The van der Waals surface area contributed by atoms with E-state index >= 15 is 0 Å². The Morgan fingerprint density at radius 2 is 1.88 bits per heavy atom. The van der Waals surface area contributed by atoms with E-state index in [1.54, 1.807) is 18.2 Å². The fourth-order valence-electron chi connectivity index (χ4n) is 3.19. The summed E-state index contributed by atoms with van der Waals surface area (Å²) in [5, 5.41) is 10.9. The van der Waals surface area contributed by atoms with Crippen molar-refractivity contribution in [3.63, 3.8) is 0 Å². The van der Waals surface area contributed by atoms with E-state index in [-0.39, 0.29) is 10.7 Å². The Labute approximate surface area is 199 Å². The van der Waals surface area contributed by atoms with E-state index in [1.807, 2.05) is 42.8 Å². The molecule has 2 aromatic carbocycles. The topological polar surface area (TPSA) is 132 Å². The molecule has 0 spiro atoms. The van der Waals surface area contributed by atoms with Crippen LogP contribution in [0.15, 0.2) is 64.6 Å². The second kappa shape index (κ2) is 10.5. The van der Waals surface area contributed by atoms with Crippen LogP contribution in [-0.4, -0.2) is 54.9 Å². The molecule has 0 aliphatic rings. The third-order valence-corrected chi connectivity index (χ3v) is 6.72. The van der Waals surface area contributed by atoms with Crippen molar-refractivity contribution in [3.05, 3.63) is 77.1 Å². The second-order valence-corrected chi connectivity index (χ2v) is 10.1. The molecule has 0 aliphatic carbocycles. The summed E-state index contributed by atoms with van der Waals surface area (Å²) in [5.74, 6) is -0.378. The number of hydrogen-bond acceptors (Lipinski definition) is 6. The van der Waals surface area contributed by atoms with Crippen LogP contribution in [0.2, 0.25) is 0 Å². The number of carbonyl (C=O) groups is 1. The average molecular weight is 485 g/mol. The molecule has 0 bridgehead atoms. The fourth-order valence-corrected chi connectivity index (χ4v) is 4.14. The van der Waals surface area contributed by atoms with Gasteiger partial charge >= 0.3 is 0 Å². The predicted octanol–water partition coefficient (Wildman–Crippen LogP) is 2.07. The number of aromatic nitrogens is 2. The third kappa shape index (κ3) is 6.21. The number of anilines is 1. The molecule has 3 aromatic rings.